The molecule has 1 heterocycles. The Morgan fingerprint density at radius 3 is 2.35 bits per heavy atom. The van der Waals surface area contributed by atoms with Gasteiger partial charge in [0.15, 0.2) is 6.29 Å². The highest BCUT2D eigenvalue weighted by molar-refractivity contribution is 5.20. The summed E-state index contributed by atoms with van der Waals surface area (Å²) in [5, 5.41) is 0. The molecule has 0 aliphatic heterocycles. The fraction of sp³-hybridized carbons (Fsp3) is 0.389. The van der Waals surface area contributed by atoms with Gasteiger partial charge in [0.2, 0.25) is 0 Å². The molecule has 5 heteroatoms. The van der Waals surface area contributed by atoms with Gasteiger partial charge in [0, 0.05) is 25.5 Å². The van der Waals surface area contributed by atoms with Gasteiger partial charge in [-0.15, -0.1) is 0 Å². The van der Waals surface area contributed by atoms with Gasteiger partial charge in [-0.2, -0.15) is 0 Å². The molecule has 2 aromatic rings. The minimum Gasteiger partial charge on any atom is -0.489 e. The molecular formula is C18H23NO4. The summed E-state index contributed by atoms with van der Waals surface area (Å²) in [5.41, 5.74) is 0.921. The van der Waals surface area contributed by atoms with Crippen LogP contribution < -0.4 is 10.3 Å². The van der Waals surface area contributed by atoms with Crippen LogP contribution in [-0.4, -0.2) is 24.1 Å². The summed E-state index contributed by atoms with van der Waals surface area (Å²) in [7, 11) is 0. The van der Waals surface area contributed by atoms with Crippen LogP contribution in [0.15, 0.2) is 53.5 Å². The molecule has 5 nitrogen and oxygen atoms in total. The fourth-order valence-electron chi connectivity index (χ4n) is 2.16. The van der Waals surface area contributed by atoms with Crippen molar-refractivity contribution in [3.63, 3.8) is 0 Å². The molecule has 1 aromatic heterocycles. The zero-order valence-electron chi connectivity index (χ0n) is 13.6. The Kier molecular flexibility index (Phi) is 6.84. The lowest BCUT2D eigenvalue weighted by atomic mass is 10.2. The second-order valence-electron chi connectivity index (χ2n) is 4.97. The van der Waals surface area contributed by atoms with E-state index in [0.29, 0.717) is 32.1 Å². The van der Waals surface area contributed by atoms with Crippen LogP contribution in [0.25, 0.3) is 0 Å². The summed E-state index contributed by atoms with van der Waals surface area (Å²) < 4.78 is 18.1. The van der Waals surface area contributed by atoms with E-state index in [2.05, 4.69) is 0 Å². The van der Waals surface area contributed by atoms with Crippen LogP contribution in [0.3, 0.4) is 0 Å². The third-order valence-corrected chi connectivity index (χ3v) is 3.27. The number of aromatic nitrogens is 1. The van der Waals surface area contributed by atoms with E-state index in [9.17, 15) is 4.79 Å². The highest BCUT2D eigenvalue weighted by atomic mass is 16.7. The number of hydrogen-bond acceptors (Lipinski definition) is 4. The van der Waals surface area contributed by atoms with Crippen molar-refractivity contribution in [2.75, 3.05) is 13.2 Å². The molecule has 23 heavy (non-hydrogen) atoms. The standard InChI is InChI=1S/C18H23NO4/c1-3-21-18(22-4-2)13-19-11-10-16(12-17(19)20)23-14-15-8-6-5-7-9-15/h5-12,18H,3-4,13-14H2,1-2H3. The zero-order valence-corrected chi connectivity index (χ0v) is 13.6. The van der Waals surface area contributed by atoms with Gasteiger partial charge in [-0.05, 0) is 25.5 Å². The third kappa shape index (κ3) is 5.54. The van der Waals surface area contributed by atoms with Crippen molar-refractivity contribution >= 4 is 0 Å². The zero-order chi connectivity index (χ0) is 16.5. The van der Waals surface area contributed by atoms with Gasteiger partial charge in [0.1, 0.15) is 12.4 Å². The van der Waals surface area contributed by atoms with Crippen LogP contribution in [0.1, 0.15) is 19.4 Å². The molecule has 0 aliphatic carbocycles. The van der Waals surface area contributed by atoms with E-state index in [1.165, 1.54) is 6.07 Å². The third-order valence-electron chi connectivity index (χ3n) is 3.27. The Labute approximate surface area is 136 Å². The number of nitrogens with zero attached hydrogens (tertiary/aromatic N) is 1. The molecule has 0 fully saturated rings. The van der Waals surface area contributed by atoms with Crippen molar-refractivity contribution in [3.8, 4) is 5.75 Å². The van der Waals surface area contributed by atoms with Crippen molar-refractivity contribution in [2.45, 2.75) is 33.3 Å². The van der Waals surface area contributed by atoms with Crippen LogP contribution in [0, 0.1) is 0 Å². The van der Waals surface area contributed by atoms with Gasteiger partial charge in [0.05, 0.1) is 6.54 Å². The monoisotopic (exact) mass is 317 g/mol. The molecule has 0 amide bonds. The molecule has 124 valence electrons. The predicted octanol–water partition coefficient (Wildman–Crippen LogP) is 2.83. The molecule has 0 saturated heterocycles. The van der Waals surface area contributed by atoms with E-state index in [1.807, 2.05) is 44.2 Å². The van der Waals surface area contributed by atoms with Gasteiger partial charge < -0.3 is 18.8 Å². The summed E-state index contributed by atoms with van der Waals surface area (Å²) in [4.78, 5) is 12.2. The fourth-order valence-corrected chi connectivity index (χ4v) is 2.16. The minimum absolute atomic E-state index is 0.139. The Hall–Kier alpha value is -2.11. The van der Waals surface area contributed by atoms with Crippen LogP contribution >= 0.6 is 0 Å². The van der Waals surface area contributed by atoms with Crippen LogP contribution in [-0.2, 0) is 22.6 Å². The quantitative estimate of drug-likeness (QED) is 0.667. The maximum Gasteiger partial charge on any atom is 0.254 e. The van der Waals surface area contributed by atoms with Crippen molar-refractivity contribution in [3.05, 3.63) is 64.6 Å². The summed E-state index contributed by atoms with van der Waals surface area (Å²) in [5.74, 6) is 0.555. The second-order valence-corrected chi connectivity index (χ2v) is 4.97. The first-order chi connectivity index (χ1) is 11.2. The topological polar surface area (TPSA) is 49.7 Å². The average molecular weight is 317 g/mol. The molecule has 0 N–H and O–H groups in total. The SMILES string of the molecule is CCOC(Cn1ccc(OCc2ccccc2)cc1=O)OCC. The lowest BCUT2D eigenvalue weighted by Gasteiger charge is -2.18. The Bertz CT molecular complexity index is 633. The first kappa shape index (κ1) is 17.2. The molecule has 2 rings (SSSR count). The molecule has 0 atom stereocenters. The van der Waals surface area contributed by atoms with Crippen molar-refractivity contribution in [1.82, 2.24) is 4.57 Å². The van der Waals surface area contributed by atoms with Crippen LogP contribution in [0.2, 0.25) is 0 Å². The number of ether oxygens (including phenoxy) is 3. The Balaban J connectivity index is 1.98. The van der Waals surface area contributed by atoms with Crippen molar-refractivity contribution in [1.29, 1.82) is 0 Å². The number of rotatable bonds is 9. The van der Waals surface area contributed by atoms with E-state index in [0.717, 1.165) is 5.56 Å². The lowest BCUT2D eigenvalue weighted by molar-refractivity contribution is -0.143. The van der Waals surface area contributed by atoms with E-state index in [1.54, 1.807) is 16.8 Å². The largest absolute Gasteiger partial charge is 0.489 e. The van der Waals surface area contributed by atoms with Gasteiger partial charge in [-0.25, -0.2) is 0 Å². The molecule has 0 aliphatic rings. The molecular weight excluding hydrogens is 294 g/mol. The normalized spacial score (nSPS) is 10.9. The minimum atomic E-state index is -0.418. The van der Waals surface area contributed by atoms with E-state index in [4.69, 9.17) is 14.2 Å². The van der Waals surface area contributed by atoms with Crippen molar-refractivity contribution in [2.24, 2.45) is 0 Å². The predicted molar refractivity (Wildman–Crippen MR) is 88.5 cm³/mol. The van der Waals surface area contributed by atoms with Crippen LogP contribution in [0.4, 0.5) is 0 Å². The summed E-state index contributed by atoms with van der Waals surface area (Å²) >= 11 is 0. The van der Waals surface area contributed by atoms with Gasteiger partial charge in [-0.3, -0.25) is 4.79 Å². The molecule has 0 saturated carbocycles. The highest BCUT2D eigenvalue weighted by Crippen LogP contribution is 2.10. The summed E-state index contributed by atoms with van der Waals surface area (Å²) in [6.07, 6.45) is 1.28. The van der Waals surface area contributed by atoms with Gasteiger partial charge in [0.25, 0.3) is 5.56 Å². The number of hydrogen-bond donors (Lipinski definition) is 0. The van der Waals surface area contributed by atoms with E-state index in [-0.39, 0.29) is 5.56 Å². The maximum atomic E-state index is 12.2. The lowest BCUT2D eigenvalue weighted by Crippen LogP contribution is -2.29. The maximum absolute atomic E-state index is 12.2. The van der Waals surface area contributed by atoms with Gasteiger partial charge >= 0.3 is 0 Å². The second kappa shape index (κ2) is 9.12. The molecule has 0 bridgehead atoms. The molecule has 1 aromatic carbocycles. The number of benzene rings is 1. The molecule has 0 unspecified atom stereocenters. The van der Waals surface area contributed by atoms with E-state index >= 15 is 0 Å². The molecule has 0 spiro atoms. The van der Waals surface area contributed by atoms with Crippen LogP contribution in [0.5, 0.6) is 5.75 Å². The first-order valence-electron chi connectivity index (χ1n) is 7.83. The molecule has 0 radical (unpaired) electrons. The summed E-state index contributed by atoms with van der Waals surface area (Å²) in [6, 6.07) is 13.1. The van der Waals surface area contributed by atoms with E-state index < -0.39 is 6.29 Å². The van der Waals surface area contributed by atoms with Gasteiger partial charge in [-0.1, -0.05) is 30.3 Å². The average Bonchev–Trinajstić information content (AvgIpc) is 2.56. The Morgan fingerprint density at radius 2 is 1.74 bits per heavy atom. The summed E-state index contributed by atoms with van der Waals surface area (Å²) in [6.45, 7) is 5.67. The number of pyridine rings is 1. The Morgan fingerprint density at radius 1 is 1.04 bits per heavy atom. The van der Waals surface area contributed by atoms with Crippen molar-refractivity contribution < 1.29 is 14.2 Å². The highest BCUT2D eigenvalue weighted by Gasteiger charge is 2.10. The smallest absolute Gasteiger partial charge is 0.254 e. The first-order valence-corrected chi connectivity index (χ1v) is 7.83.